The van der Waals surface area contributed by atoms with Gasteiger partial charge in [-0.25, -0.2) is 0 Å². The van der Waals surface area contributed by atoms with Crippen molar-refractivity contribution in [3.8, 4) is 0 Å². The number of hydrogen-bond donors (Lipinski definition) is 1. The van der Waals surface area contributed by atoms with Crippen molar-refractivity contribution in [1.82, 2.24) is 0 Å². The molecular weight excluding hydrogens is 184 g/mol. The third-order valence-corrected chi connectivity index (χ3v) is 3.25. The number of rotatable bonds is 2. The van der Waals surface area contributed by atoms with E-state index in [1.54, 1.807) is 0 Å². The molecule has 0 heterocycles. The van der Waals surface area contributed by atoms with Crippen LogP contribution in [0.3, 0.4) is 0 Å². The third kappa shape index (κ3) is 2.07. The monoisotopic (exact) mass is 204 g/mol. The second-order valence-electron chi connectivity index (χ2n) is 5.26. The van der Waals surface area contributed by atoms with Gasteiger partial charge in [0.25, 0.3) is 0 Å². The van der Waals surface area contributed by atoms with E-state index >= 15 is 0 Å². The highest BCUT2D eigenvalue weighted by molar-refractivity contribution is 5.38. The van der Waals surface area contributed by atoms with E-state index in [1.807, 2.05) is 0 Å². The summed E-state index contributed by atoms with van der Waals surface area (Å²) in [4.78, 5) is 0. The summed E-state index contributed by atoms with van der Waals surface area (Å²) in [6, 6.07) is 6.60. The minimum absolute atomic E-state index is 0.243. The Bertz CT molecular complexity index is 354. The molecule has 0 fully saturated rings. The van der Waals surface area contributed by atoms with Crippen molar-refractivity contribution >= 4 is 0 Å². The summed E-state index contributed by atoms with van der Waals surface area (Å²) in [7, 11) is 0. The summed E-state index contributed by atoms with van der Waals surface area (Å²) in [5.41, 5.74) is 3.86. The van der Waals surface area contributed by atoms with Gasteiger partial charge in [-0.1, -0.05) is 39.0 Å². The molecule has 1 aliphatic carbocycles. The molecule has 2 rings (SSSR count). The van der Waals surface area contributed by atoms with Crippen LogP contribution in [0, 0.1) is 11.8 Å². The zero-order valence-corrected chi connectivity index (χ0v) is 9.83. The molecule has 82 valence electrons. The Kier molecular flexibility index (Phi) is 2.83. The van der Waals surface area contributed by atoms with Gasteiger partial charge < -0.3 is 5.11 Å². The first-order chi connectivity index (χ1) is 7.08. The van der Waals surface area contributed by atoms with Crippen molar-refractivity contribution in [2.24, 2.45) is 11.8 Å². The van der Waals surface area contributed by atoms with Crippen LogP contribution in [0.15, 0.2) is 18.2 Å². The van der Waals surface area contributed by atoms with E-state index in [0.717, 1.165) is 12.8 Å². The van der Waals surface area contributed by atoms with Gasteiger partial charge in [0.1, 0.15) is 0 Å². The lowest BCUT2D eigenvalue weighted by Crippen LogP contribution is -2.02. The average molecular weight is 204 g/mol. The molecule has 0 amide bonds. The lowest BCUT2D eigenvalue weighted by atomic mass is 9.98. The van der Waals surface area contributed by atoms with Crippen LogP contribution in [-0.4, -0.2) is 5.11 Å². The largest absolute Gasteiger partial charge is 0.388 e. The van der Waals surface area contributed by atoms with Gasteiger partial charge in [0.2, 0.25) is 0 Å². The number of aliphatic hydroxyl groups is 1. The van der Waals surface area contributed by atoms with E-state index < -0.39 is 0 Å². The van der Waals surface area contributed by atoms with E-state index in [-0.39, 0.29) is 6.10 Å². The van der Waals surface area contributed by atoms with Gasteiger partial charge in [-0.05, 0) is 41.4 Å². The van der Waals surface area contributed by atoms with Crippen LogP contribution in [0.2, 0.25) is 0 Å². The Labute approximate surface area is 92.1 Å². The second kappa shape index (κ2) is 3.97. The molecule has 1 heteroatoms. The predicted octanol–water partition coefficient (Wildman–Crippen LogP) is 3.11. The standard InChI is InChI=1S/C14H20O/c1-9(2)6-11-4-5-12-7-10(3)14(15)13(12)8-11/h4-5,8-10,14-15H,6-7H2,1-3H3. The molecule has 0 spiro atoms. The van der Waals surface area contributed by atoms with E-state index in [9.17, 15) is 5.11 Å². The normalized spacial score (nSPS) is 24.6. The molecule has 0 aliphatic heterocycles. The Morgan fingerprint density at radius 2 is 2.13 bits per heavy atom. The topological polar surface area (TPSA) is 20.2 Å². The van der Waals surface area contributed by atoms with E-state index in [2.05, 4.69) is 39.0 Å². The van der Waals surface area contributed by atoms with Crippen molar-refractivity contribution < 1.29 is 5.11 Å². The first kappa shape index (κ1) is 10.7. The van der Waals surface area contributed by atoms with Gasteiger partial charge in [0.15, 0.2) is 0 Å². The first-order valence-electron chi connectivity index (χ1n) is 5.87. The van der Waals surface area contributed by atoms with Crippen molar-refractivity contribution in [2.75, 3.05) is 0 Å². The van der Waals surface area contributed by atoms with Crippen LogP contribution >= 0.6 is 0 Å². The number of fused-ring (bicyclic) bond motifs is 1. The van der Waals surface area contributed by atoms with Crippen LogP contribution in [0.1, 0.15) is 43.6 Å². The van der Waals surface area contributed by atoms with Crippen molar-refractivity contribution in [2.45, 2.75) is 39.7 Å². The van der Waals surface area contributed by atoms with Gasteiger partial charge >= 0.3 is 0 Å². The molecule has 1 nitrogen and oxygen atoms in total. The fourth-order valence-electron chi connectivity index (χ4n) is 2.47. The highest BCUT2D eigenvalue weighted by Crippen LogP contribution is 2.36. The minimum Gasteiger partial charge on any atom is -0.388 e. The molecular formula is C14H20O. The van der Waals surface area contributed by atoms with Crippen LogP contribution in [0.5, 0.6) is 0 Å². The van der Waals surface area contributed by atoms with Gasteiger partial charge in [-0.15, -0.1) is 0 Å². The zero-order chi connectivity index (χ0) is 11.0. The highest BCUT2D eigenvalue weighted by Gasteiger charge is 2.27. The molecule has 1 N–H and O–H groups in total. The molecule has 2 unspecified atom stereocenters. The third-order valence-electron chi connectivity index (χ3n) is 3.25. The fourth-order valence-corrected chi connectivity index (χ4v) is 2.47. The van der Waals surface area contributed by atoms with E-state index in [4.69, 9.17) is 0 Å². The predicted molar refractivity (Wildman–Crippen MR) is 62.8 cm³/mol. The summed E-state index contributed by atoms with van der Waals surface area (Å²) in [6.07, 6.45) is 1.89. The first-order valence-corrected chi connectivity index (χ1v) is 5.87. The Balaban J connectivity index is 2.27. The smallest absolute Gasteiger partial charge is 0.0821 e. The Morgan fingerprint density at radius 3 is 2.80 bits per heavy atom. The van der Waals surface area contributed by atoms with Gasteiger partial charge in [-0.3, -0.25) is 0 Å². The van der Waals surface area contributed by atoms with Crippen LogP contribution in [-0.2, 0) is 12.8 Å². The van der Waals surface area contributed by atoms with Crippen molar-refractivity contribution in [3.63, 3.8) is 0 Å². The summed E-state index contributed by atoms with van der Waals surface area (Å²) in [5, 5.41) is 10.0. The summed E-state index contributed by atoms with van der Waals surface area (Å²) >= 11 is 0. The number of aliphatic hydroxyl groups excluding tert-OH is 1. The van der Waals surface area contributed by atoms with Crippen molar-refractivity contribution in [3.05, 3.63) is 34.9 Å². The minimum atomic E-state index is -0.243. The van der Waals surface area contributed by atoms with Crippen LogP contribution in [0.4, 0.5) is 0 Å². The lowest BCUT2D eigenvalue weighted by molar-refractivity contribution is 0.133. The lowest BCUT2D eigenvalue weighted by Gasteiger charge is -2.10. The molecule has 0 saturated heterocycles. The molecule has 15 heavy (non-hydrogen) atoms. The Hall–Kier alpha value is -0.820. The maximum absolute atomic E-state index is 10.0. The van der Waals surface area contributed by atoms with Gasteiger partial charge in [0, 0.05) is 0 Å². The second-order valence-corrected chi connectivity index (χ2v) is 5.26. The highest BCUT2D eigenvalue weighted by atomic mass is 16.3. The molecule has 1 aromatic carbocycles. The van der Waals surface area contributed by atoms with Crippen LogP contribution in [0.25, 0.3) is 0 Å². The fraction of sp³-hybridized carbons (Fsp3) is 0.571. The molecule has 0 saturated carbocycles. The molecule has 1 aromatic rings. The van der Waals surface area contributed by atoms with E-state index in [0.29, 0.717) is 11.8 Å². The zero-order valence-electron chi connectivity index (χ0n) is 9.83. The molecule has 2 atom stereocenters. The molecule has 0 aromatic heterocycles. The quantitative estimate of drug-likeness (QED) is 0.784. The number of benzene rings is 1. The summed E-state index contributed by atoms with van der Waals surface area (Å²) in [6.45, 7) is 6.57. The number of hydrogen-bond acceptors (Lipinski definition) is 1. The Morgan fingerprint density at radius 1 is 1.40 bits per heavy atom. The van der Waals surface area contributed by atoms with Crippen LogP contribution < -0.4 is 0 Å². The molecule has 0 bridgehead atoms. The van der Waals surface area contributed by atoms with Crippen molar-refractivity contribution in [1.29, 1.82) is 0 Å². The SMILES string of the molecule is CC(C)Cc1ccc2c(c1)C(O)C(C)C2. The summed E-state index contributed by atoms with van der Waals surface area (Å²) < 4.78 is 0. The average Bonchev–Trinajstić information content (AvgIpc) is 2.43. The summed E-state index contributed by atoms with van der Waals surface area (Å²) in [5.74, 6) is 1.06. The molecule has 0 radical (unpaired) electrons. The maximum atomic E-state index is 10.0. The van der Waals surface area contributed by atoms with Gasteiger partial charge in [0.05, 0.1) is 6.10 Å². The molecule has 1 aliphatic rings. The van der Waals surface area contributed by atoms with Gasteiger partial charge in [-0.2, -0.15) is 0 Å². The maximum Gasteiger partial charge on any atom is 0.0821 e. The van der Waals surface area contributed by atoms with E-state index in [1.165, 1.54) is 16.7 Å².